The zero-order valence-electron chi connectivity index (χ0n) is 18.9. The summed E-state index contributed by atoms with van der Waals surface area (Å²) in [5.41, 5.74) is 6.68. The second kappa shape index (κ2) is 7.58. The van der Waals surface area contributed by atoms with Crippen molar-refractivity contribution in [3.63, 3.8) is 0 Å². The molecule has 0 unspecified atom stereocenters. The van der Waals surface area contributed by atoms with Gasteiger partial charge in [-0.1, -0.05) is 36.4 Å². The van der Waals surface area contributed by atoms with Crippen LogP contribution >= 0.6 is 0 Å². The molecule has 3 heterocycles. The van der Waals surface area contributed by atoms with E-state index in [0.29, 0.717) is 28.2 Å². The first-order valence-electron chi connectivity index (χ1n) is 10.8. The van der Waals surface area contributed by atoms with Gasteiger partial charge < -0.3 is 15.2 Å². The molecule has 1 aromatic heterocycles. The number of rotatable bonds is 3. The summed E-state index contributed by atoms with van der Waals surface area (Å²) in [6.07, 6.45) is 0. The Labute approximate surface area is 195 Å². The van der Waals surface area contributed by atoms with Gasteiger partial charge in [0.15, 0.2) is 0 Å². The molecular formula is C25H22N4O5. The van der Waals surface area contributed by atoms with Crippen LogP contribution in [0.1, 0.15) is 30.7 Å². The Morgan fingerprint density at radius 2 is 1.79 bits per heavy atom. The Morgan fingerprint density at radius 1 is 1.12 bits per heavy atom. The predicted octanol–water partition coefficient (Wildman–Crippen LogP) is 2.49. The third-order valence-electron chi connectivity index (χ3n) is 6.09. The number of hydrogen-bond acceptors (Lipinski definition) is 7. The molecule has 0 radical (unpaired) electrons. The molecule has 0 fully saturated rings. The van der Waals surface area contributed by atoms with Gasteiger partial charge >= 0.3 is 5.97 Å². The van der Waals surface area contributed by atoms with Crippen molar-refractivity contribution in [2.45, 2.75) is 26.2 Å². The molecule has 2 aliphatic rings. The third kappa shape index (κ3) is 2.67. The van der Waals surface area contributed by atoms with E-state index in [1.165, 1.54) is 11.6 Å². The van der Waals surface area contributed by atoms with Crippen LogP contribution in [0.5, 0.6) is 5.88 Å². The van der Waals surface area contributed by atoms with Crippen molar-refractivity contribution in [3.8, 4) is 11.6 Å². The zero-order chi connectivity index (χ0) is 24.2. The molecule has 9 heteroatoms. The molecule has 5 rings (SSSR count). The summed E-state index contributed by atoms with van der Waals surface area (Å²) in [5.74, 6) is -2.00. The molecule has 34 heavy (non-hydrogen) atoms. The highest BCUT2D eigenvalue weighted by Crippen LogP contribution is 2.56. The van der Waals surface area contributed by atoms with Gasteiger partial charge in [0.1, 0.15) is 11.0 Å². The molecule has 172 valence electrons. The highest BCUT2D eigenvalue weighted by molar-refractivity contribution is 6.27. The average Bonchev–Trinajstić information content (AvgIpc) is 3.27. The molecule has 0 saturated carbocycles. The summed E-state index contributed by atoms with van der Waals surface area (Å²) in [6, 6.07) is 16.0. The first kappa shape index (κ1) is 21.4. The Balaban J connectivity index is 1.91. The van der Waals surface area contributed by atoms with Gasteiger partial charge in [-0.15, -0.1) is 0 Å². The number of esters is 1. The molecule has 1 atom stereocenters. The Bertz CT molecular complexity index is 1390. The minimum Gasteiger partial charge on any atom is -0.462 e. The van der Waals surface area contributed by atoms with Crippen LogP contribution < -0.4 is 15.4 Å². The molecule has 2 amide bonds. The maximum atomic E-state index is 14.2. The normalized spacial score (nSPS) is 18.6. The van der Waals surface area contributed by atoms with Gasteiger partial charge in [-0.3, -0.25) is 9.59 Å². The number of aryl methyl sites for hydroxylation is 1. The first-order valence-corrected chi connectivity index (χ1v) is 10.8. The van der Waals surface area contributed by atoms with Crippen molar-refractivity contribution in [3.05, 3.63) is 82.9 Å². The van der Waals surface area contributed by atoms with Crippen LogP contribution in [-0.4, -0.2) is 34.2 Å². The van der Waals surface area contributed by atoms with Gasteiger partial charge in [0.25, 0.3) is 5.91 Å². The monoisotopic (exact) mass is 458 g/mol. The number of fused-ring (bicyclic) bond motifs is 4. The summed E-state index contributed by atoms with van der Waals surface area (Å²) in [7, 11) is 0. The van der Waals surface area contributed by atoms with Crippen LogP contribution in [0.2, 0.25) is 0 Å². The molecule has 3 aromatic rings. The van der Waals surface area contributed by atoms with E-state index >= 15 is 0 Å². The Morgan fingerprint density at radius 3 is 2.47 bits per heavy atom. The van der Waals surface area contributed by atoms with E-state index in [0.717, 1.165) is 4.90 Å². The summed E-state index contributed by atoms with van der Waals surface area (Å²) in [6.45, 7) is 4.74. The van der Waals surface area contributed by atoms with Crippen molar-refractivity contribution in [1.82, 2.24) is 9.78 Å². The van der Waals surface area contributed by atoms with Gasteiger partial charge in [0.05, 0.1) is 29.2 Å². The number of carbonyl (C=O) groups is 3. The van der Waals surface area contributed by atoms with E-state index in [1.54, 1.807) is 38.1 Å². The van der Waals surface area contributed by atoms with Gasteiger partial charge in [-0.25, -0.2) is 14.4 Å². The van der Waals surface area contributed by atoms with Crippen LogP contribution in [0.15, 0.2) is 66.1 Å². The van der Waals surface area contributed by atoms with Crippen LogP contribution in [0.4, 0.5) is 5.69 Å². The van der Waals surface area contributed by atoms with E-state index in [-0.39, 0.29) is 23.9 Å². The molecule has 9 nitrogen and oxygen atoms in total. The fourth-order valence-corrected chi connectivity index (χ4v) is 4.87. The lowest BCUT2D eigenvalue weighted by molar-refractivity contribution is -0.141. The van der Waals surface area contributed by atoms with Gasteiger partial charge in [0, 0.05) is 12.5 Å². The van der Waals surface area contributed by atoms with Crippen molar-refractivity contribution in [2.24, 2.45) is 5.73 Å². The second-order valence-corrected chi connectivity index (χ2v) is 8.00. The van der Waals surface area contributed by atoms with Gasteiger partial charge in [0.2, 0.25) is 17.7 Å². The van der Waals surface area contributed by atoms with Crippen molar-refractivity contribution < 1.29 is 23.9 Å². The number of amides is 2. The zero-order valence-corrected chi connectivity index (χ0v) is 18.9. The van der Waals surface area contributed by atoms with E-state index in [2.05, 4.69) is 5.10 Å². The highest BCUT2D eigenvalue weighted by atomic mass is 16.5. The number of nitrogens with two attached hydrogens (primary N) is 1. The summed E-state index contributed by atoms with van der Waals surface area (Å²) in [5, 5.41) is 4.63. The number of carbonyl (C=O) groups excluding carboxylic acids is 3. The molecule has 2 aliphatic heterocycles. The van der Waals surface area contributed by atoms with E-state index in [9.17, 15) is 14.4 Å². The van der Waals surface area contributed by atoms with Gasteiger partial charge in [-0.2, -0.15) is 5.10 Å². The van der Waals surface area contributed by atoms with Crippen LogP contribution in [-0.2, 0) is 24.5 Å². The maximum Gasteiger partial charge on any atom is 0.341 e. The van der Waals surface area contributed by atoms with Gasteiger partial charge in [-0.05, 0) is 32.0 Å². The van der Waals surface area contributed by atoms with Crippen LogP contribution in [0.25, 0.3) is 5.69 Å². The quantitative estimate of drug-likeness (QED) is 0.599. The number of anilines is 1. The number of aromatic nitrogens is 2. The minimum absolute atomic E-state index is 0.0626. The van der Waals surface area contributed by atoms with E-state index in [1.807, 2.05) is 30.3 Å². The van der Waals surface area contributed by atoms with Crippen molar-refractivity contribution >= 4 is 23.5 Å². The Kier molecular flexibility index (Phi) is 4.78. The number of imide groups is 1. The maximum absolute atomic E-state index is 14.2. The number of ether oxygens (including phenoxy) is 2. The summed E-state index contributed by atoms with van der Waals surface area (Å²) in [4.78, 5) is 41.2. The molecule has 0 aliphatic carbocycles. The standard InChI is InChI=1S/C25H22N4O5/c1-4-33-23(31)20-21(26)34-22-19(14(2)27-29(22)16-10-6-5-7-11-16)25(20)17-12-8-9-13-18(17)28(15(3)30)24(25)32/h5-13H,4,26H2,1-3H3/t25-/m1/s1. The predicted molar refractivity (Wildman–Crippen MR) is 122 cm³/mol. The molecule has 1 spiro atoms. The first-order chi connectivity index (χ1) is 16.3. The lowest BCUT2D eigenvalue weighted by Gasteiger charge is -2.34. The number of benzene rings is 2. The van der Waals surface area contributed by atoms with Crippen LogP contribution in [0, 0.1) is 6.92 Å². The number of para-hydroxylation sites is 2. The fourth-order valence-electron chi connectivity index (χ4n) is 4.87. The molecular weight excluding hydrogens is 436 g/mol. The largest absolute Gasteiger partial charge is 0.462 e. The minimum atomic E-state index is -1.76. The van der Waals surface area contributed by atoms with Crippen molar-refractivity contribution in [1.29, 1.82) is 0 Å². The third-order valence-corrected chi connectivity index (χ3v) is 6.09. The highest BCUT2D eigenvalue weighted by Gasteiger charge is 2.63. The van der Waals surface area contributed by atoms with E-state index in [4.69, 9.17) is 15.2 Å². The summed E-state index contributed by atoms with van der Waals surface area (Å²) >= 11 is 0. The molecule has 0 bridgehead atoms. The fraction of sp³-hybridized carbons (Fsp3) is 0.200. The smallest absolute Gasteiger partial charge is 0.341 e. The van der Waals surface area contributed by atoms with E-state index < -0.39 is 23.2 Å². The molecule has 0 saturated heterocycles. The average molecular weight is 458 g/mol. The molecule has 2 N–H and O–H groups in total. The molecule has 2 aromatic carbocycles. The lowest BCUT2D eigenvalue weighted by Crippen LogP contribution is -2.49. The Hall–Kier alpha value is -4.40. The number of nitrogens with zero attached hydrogens (tertiary/aromatic N) is 3. The lowest BCUT2D eigenvalue weighted by atomic mass is 9.68. The summed E-state index contributed by atoms with van der Waals surface area (Å²) < 4.78 is 12.8. The van der Waals surface area contributed by atoms with Crippen LogP contribution in [0.3, 0.4) is 0 Å². The SMILES string of the molecule is CCOC(=O)C1=C(N)Oc2c(c(C)nn2-c2ccccc2)[C@@]12C(=O)N(C(C)=O)c1ccccc12. The van der Waals surface area contributed by atoms with Crippen molar-refractivity contribution in [2.75, 3.05) is 11.5 Å². The second-order valence-electron chi connectivity index (χ2n) is 8.00. The number of hydrogen-bond donors (Lipinski definition) is 1. The topological polar surface area (TPSA) is 117 Å².